The van der Waals surface area contributed by atoms with Gasteiger partial charge >= 0.3 is 0 Å². The average Bonchev–Trinajstić information content (AvgIpc) is 2.36. The Bertz CT molecular complexity index is 445. The van der Waals surface area contributed by atoms with Crippen molar-refractivity contribution in [2.75, 3.05) is 20.3 Å². The van der Waals surface area contributed by atoms with E-state index in [0.717, 1.165) is 5.56 Å². The van der Waals surface area contributed by atoms with E-state index in [2.05, 4.69) is 5.32 Å². The molecule has 1 amide bonds. The van der Waals surface area contributed by atoms with E-state index in [4.69, 9.17) is 9.47 Å². The van der Waals surface area contributed by atoms with Gasteiger partial charge in [0.25, 0.3) is 5.91 Å². The van der Waals surface area contributed by atoms with Crippen LogP contribution in [-0.2, 0) is 9.53 Å². The average molecular weight is 281 g/mol. The van der Waals surface area contributed by atoms with E-state index in [1.165, 1.54) is 0 Å². The molecule has 0 radical (unpaired) electrons. The Morgan fingerprint density at radius 1 is 1.40 bits per heavy atom. The zero-order valence-electron chi connectivity index (χ0n) is 12.5. The minimum Gasteiger partial charge on any atom is -0.483 e. The number of carbonyl (C=O) groups excluding carboxylic acids is 1. The fraction of sp³-hybridized carbons (Fsp3) is 0.533. The lowest BCUT2D eigenvalue weighted by atomic mass is 10.1. The van der Waals surface area contributed by atoms with E-state index in [1.807, 2.05) is 26.0 Å². The highest BCUT2D eigenvalue weighted by Gasteiger charge is 2.12. The molecule has 0 saturated heterocycles. The fourth-order valence-corrected chi connectivity index (χ4v) is 1.86. The van der Waals surface area contributed by atoms with Crippen LogP contribution in [0.4, 0.5) is 0 Å². The molecule has 2 N–H and O–H groups in total. The second-order valence-electron chi connectivity index (χ2n) is 4.93. The van der Waals surface area contributed by atoms with Crippen LogP contribution in [0.2, 0.25) is 0 Å². The second-order valence-corrected chi connectivity index (χ2v) is 4.93. The summed E-state index contributed by atoms with van der Waals surface area (Å²) in [5, 5.41) is 12.4. The molecule has 112 valence electrons. The predicted molar refractivity (Wildman–Crippen MR) is 76.8 cm³/mol. The van der Waals surface area contributed by atoms with Gasteiger partial charge in [0.05, 0.1) is 12.7 Å². The van der Waals surface area contributed by atoms with Crippen LogP contribution in [-0.4, -0.2) is 37.4 Å². The van der Waals surface area contributed by atoms with Gasteiger partial charge in [-0.3, -0.25) is 4.79 Å². The molecular weight excluding hydrogens is 258 g/mol. The summed E-state index contributed by atoms with van der Waals surface area (Å²) in [4.78, 5) is 11.7. The molecule has 1 aromatic carbocycles. The van der Waals surface area contributed by atoms with E-state index in [1.54, 1.807) is 20.1 Å². The maximum atomic E-state index is 11.7. The Kier molecular flexibility index (Phi) is 6.48. The van der Waals surface area contributed by atoms with Crippen molar-refractivity contribution in [3.63, 3.8) is 0 Å². The number of methoxy groups -OCH3 is 1. The summed E-state index contributed by atoms with van der Waals surface area (Å²) in [6.07, 6.45) is -0.638. The molecule has 0 heterocycles. The summed E-state index contributed by atoms with van der Waals surface area (Å²) in [7, 11) is 1.58. The zero-order valence-corrected chi connectivity index (χ0v) is 12.5. The highest BCUT2D eigenvalue weighted by Crippen LogP contribution is 2.26. The van der Waals surface area contributed by atoms with Crippen LogP contribution in [0.3, 0.4) is 0 Å². The molecule has 5 heteroatoms. The van der Waals surface area contributed by atoms with Crippen molar-refractivity contribution < 1.29 is 19.4 Å². The summed E-state index contributed by atoms with van der Waals surface area (Å²) in [5.74, 6) is 0.321. The number of hydrogen-bond acceptors (Lipinski definition) is 4. The summed E-state index contributed by atoms with van der Waals surface area (Å²) in [6.45, 7) is 5.82. The third-order valence-electron chi connectivity index (χ3n) is 2.80. The number of benzene rings is 1. The highest BCUT2D eigenvalue weighted by molar-refractivity contribution is 5.77. The van der Waals surface area contributed by atoms with Gasteiger partial charge in [0, 0.05) is 18.7 Å². The molecule has 0 aliphatic rings. The lowest BCUT2D eigenvalue weighted by molar-refractivity contribution is -0.124. The zero-order chi connectivity index (χ0) is 15.1. The van der Waals surface area contributed by atoms with Crippen molar-refractivity contribution in [3.8, 4) is 5.75 Å². The summed E-state index contributed by atoms with van der Waals surface area (Å²) >= 11 is 0. The Hall–Kier alpha value is -1.59. The number of ether oxygens (including phenoxy) is 2. The van der Waals surface area contributed by atoms with E-state index in [0.29, 0.717) is 17.9 Å². The number of carbonyl (C=O) groups is 1. The molecule has 5 nitrogen and oxygen atoms in total. The molecule has 1 unspecified atom stereocenters. The Balaban J connectivity index is 2.61. The number of hydrogen-bond donors (Lipinski definition) is 2. The van der Waals surface area contributed by atoms with Crippen LogP contribution >= 0.6 is 0 Å². The molecule has 0 bridgehead atoms. The van der Waals surface area contributed by atoms with Gasteiger partial charge < -0.3 is 19.9 Å². The van der Waals surface area contributed by atoms with E-state index in [9.17, 15) is 9.90 Å². The van der Waals surface area contributed by atoms with Gasteiger partial charge in [-0.2, -0.15) is 0 Å². The van der Waals surface area contributed by atoms with Crippen molar-refractivity contribution >= 4 is 5.91 Å². The SMILES string of the molecule is COCC(C)NC(=O)COc1cc(C)ccc1[C@@H](C)O. The fourth-order valence-electron chi connectivity index (χ4n) is 1.86. The maximum Gasteiger partial charge on any atom is 0.258 e. The molecular formula is C15H23NO4. The number of aryl methyl sites for hydroxylation is 1. The molecule has 0 aliphatic heterocycles. The number of amides is 1. The van der Waals surface area contributed by atoms with Gasteiger partial charge in [-0.15, -0.1) is 0 Å². The predicted octanol–water partition coefficient (Wildman–Crippen LogP) is 1.58. The number of nitrogens with one attached hydrogen (secondary N) is 1. The molecule has 0 aliphatic carbocycles. The highest BCUT2D eigenvalue weighted by atomic mass is 16.5. The van der Waals surface area contributed by atoms with E-state index < -0.39 is 6.10 Å². The van der Waals surface area contributed by atoms with Crippen LogP contribution in [0.25, 0.3) is 0 Å². The molecule has 20 heavy (non-hydrogen) atoms. The van der Waals surface area contributed by atoms with Crippen molar-refractivity contribution in [1.29, 1.82) is 0 Å². The largest absolute Gasteiger partial charge is 0.483 e. The molecule has 0 fully saturated rings. The van der Waals surface area contributed by atoms with Crippen LogP contribution in [0, 0.1) is 6.92 Å². The Morgan fingerprint density at radius 3 is 2.70 bits per heavy atom. The molecule has 0 aromatic heterocycles. The molecule has 1 rings (SSSR count). The molecule has 0 spiro atoms. The number of aliphatic hydroxyl groups excluding tert-OH is 1. The minimum atomic E-state index is -0.638. The standard InChI is InChI=1S/C15H23NO4/c1-10-5-6-13(12(3)17)14(7-10)20-9-15(18)16-11(2)8-19-4/h5-7,11-12,17H,8-9H2,1-4H3,(H,16,18)/t11?,12-/m1/s1. The van der Waals surface area contributed by atoms with Crippen LogP contribution in [0.1, 0.15) is 31.1 Å². The van der Waals surface area contributed by atoms with Crippen LogP contribution < -0.4 is 10.1 Å². The summed E-state index contributed by atoms with van der Waals surface area (Å²) in [5.41, 5.74) is 1.69. The first-order valence-electron chi connectivity index (χ1n) is 6.63. The first-order valence-corrected chi connectivity index (χ1v) is 6.63. The Labute approximate surface area is 119 Å². The topological polar surface area (TPSA) is 67.8 Å². The van der Waals surface area contributed by atoms with Crippen molar-refractivity contribution in [2.45, 2.75) is 32.9 Å². The third kappa shape index (κ3) is 5.19. The van der Waals surface area contributed by atoms with E-state index >= 15 is 0 Å². The minimum absolute atomic E-state index is 0.0650. The third-order valence-corrected chi connectivity index (χ3v) is 2.80. The Morgan fingerprint density at radius 2 is 2.10 bits per heavy atom. The van der Waals surface area contributed by atoms with E-state index in [-0.39, 0.29) is 18.6 Å². The van der Waals surface area contributed by atoms with Gasteiger partial charge in [-0.05, 0) is 32.4 Å². The maximum absolute atomic E-state index is 11.7. The van der Waals surface area contributed by atoms with Gasteiger partial charge in [0.1, 0.15) is 5.75 Å². The lowest BCUT2D eigenvalue weighted by Gasteiger charge is -2.16. The van der Waals surface area contributed by atoms with Crippen LogP contribution in [0.15, 0.2) is 18.2 Å². The second kappa shape index (κ2) is 7.87. The van der Waals surface area contributed by atoms with Crippen molar-refractivity contribution in [2.24, 2.45) is 0 Å². The first kappa shape index (κ1) is 16.5. The molecule has 1 aromatic rings. The van der Waals surface area contributed by atoms with Gasteiger partial charge in [0.2, 0.25) is 0 Å². The van der Waals surface area contributed by atoms with Crippen LogP contribution in [0.5, 0.6) is 5.75 Å². The van der Waals surface area contributed by atoms with Gasteiger partial charge in [-0.25, -0.2) is 0 Å². The number of rotatable bonds is 7. The summed E-state index contributed by atoms with van der Waals surface area (Å²) < 4.78 is 10.5. The summed E-state index contributed by atoms with van der Waals surface area (Å²) in [6, 6.07) is 5.45. The van der Waals surface area contributed by atoms with Crippen molar-refractivity contribution in [3.05, 3.63) is 29.3 Å². The monoisotopic (exact) mass is 281 g/mol. The lowest BCUT2D eigenvalue weighted by Crippen LogP contribution is -2.38. The quantitative estimate of drug-likeness (QED) is 0.796. The van der Waals surface area contributed by atoms with Gasteiger partial charge in [-0.1, -0.05) is 12.1 Å². The first-order chi connectivity index (χ1) is 9.43. The smallest absolute Gasteiger partial charge is 0.258 e. The molecule has 2 atom stereocenters. The number of aliphatic hydroxyl groups is 1. The van der Waals surface area contributed by atoms with Crippen molar-refractivity contribution in [1.82, 2.24) is 5.32 Å². The van der Waals surface area contributed by atoms with Gasteiger partial charge in [0.15, 0.2) is 6.61 Å². The molecule has 0 saturated carbocycles. The normalized spacial score (nSPS) is 13.7.